The van der Waals surface area contributed by atoms with Crippen LogP contribution in [-0.4, -0.2) is 41.9 Å². The molecular weight excluding hydrogens is 358 g/mol. The van der Waals surface area contributed by atoms with Crippen LogP contribution in [0.5, 0.6) is 5.88 Å². The Bertz CT molecular complexity index is 966. The molecule has 1 aliphatic heterocycles. The second kappa shape index (κ2) is 6.70. The Balaban J connectivity index is 1.41. The zero-order valence-electron chi connectivity index (χ0n) is 13.4. The normalized spacial score (nSPS) is 17.0. The van der Waals surface area contributed by atoms with Crippen LogP contribution in [0, 0.1) is 0 Å². The van der Waals surface area contributed by atoms with E-state index in [1.807, 2.05) is 24.3 Å². The minimum absolute atomic E-state index is 0.0507. The van der Waals surface area contributed by atoms with Gasteiger partial charge in [-0.3, -0.25) is 0 Å². The van der Waals surface area contributed by atoms with E-state index in [-0.39, 0.29) is 6.10 Å². The molecule has 1 aliphatic rings. The number of sulfonamides is 1. The fourth-order valence-electron chi connectivity index (χ4n) is 2.90. The smallest absolute Gasteiger partial charge is 0.252 e. The monoisotopic (exact) mass is 375 g/mol. The van der Waals surface area contributed by atoms with Crippen LogP contribution in [0.1, 0.15) is 12.8 Å². The first-order valence-corrected chi connectivity index (χ1v) is 10.4. The first-order valence-electron chi connectivity index (χ1n) is 8.05. The maximum absolute atomic E-state index is 12.5. The third-order valence-electron chi connectivity index (χ3n) is 4.20. The van der Waals surface area contributed by atoms with Crippen molar-refractivity contribution >= 4 is 32.4 Å². The summed E-state index contributed by atoms with van der Waals surface area (Å²) in [5.41, 5.74) is 1.62. The summed E-state index contributed by atoms with van der Waals surface area (Å²) in [5, 5.41) is 1.78. The number of nitrogens with zero attached hydrogens (tertiary/aromatic N) is 3. The minimum Gasteiger partial charge on any atom is -0.473 e. The highest BCUT2D eigenvalue weighted by molar-refractivity contribution is 7.91. The zero-order chi connectivity index (χ0) is 17.3. The Morgan fingerprint density at radius 3 is 2.56 bits per heavy atom. The molecule has 3 heterocycles. The summed E-state index contributed by atoms with van der Waals surface area (Å²) in [6.45, 7) is 0.901. The number of benzene rings is 1. The van der Waals surface area contributed by atoms with Gasteiger partial charge >= 0.3 is 0 Å². The summed E-state index contributed by atoms with van der Waals surface area (Å²) < 4.78 is 32.9. The summed E-state index contributed by atoms with van der Waals surface area (Å²) in [6.07, 6.45) is 2.85. The lowest BCUT2D eigenvalue weighted by molar-refractivity contribution is 0.130. The van der Waals surface area contributed by atoms with E-state index < -0.39 is 10.0 Å². The van der Waals surface area contributed by atoms with Crippen LogP contribution in [0.25, 0.3) is 11.0 Å². The molecule has 25 heavy (non-hydrogen) atoms. The van der Waals surface area contributed by atoms with Crippen molar-refractivity contribution in [3.05, 3.63) is 48.0 Å². The molecule has 4 rings (SSSR count). The van der Waals surface area contributed by atoms with Crippen molar-refractivity contribution in [3.63, 3.8) is 0 Å². The Labute approximate surface area is 150 Å². The fourth-order valence-corrected chi connectivity index (χ4v) is 5.51. The molecule has 0 atom stereocenters. The lowest BCUT2D eigenvalue weighted by atomic mass is 10.1. The second-order valence-corrected chi connectivity index (χ2v) is 8.96. The fraction of sp³-hybridized carbons (Fsp3) is 0.294. The number of para-hydroxylation sites is 2. The van der Waals surface area contributed by atoms with Crippen molar-refractivity contribution < 1.29 is 13.2 Å². The summed E-state index contributed by atoms with van der Waals surface area (Å²) in [5.74, 6) is 0.485. The highest BCUT2D eigenvalue weighted by atomic mass is 32.2. The second-order valence-electron chi connectivity index (χ2n) is 5.85. The number of ether oxygens (including phenoxy) is 1. The molecule has 0 radical (unpaired) electrons. The molecule has 0 unspecified atom stereocenters. The number of hydrogen-bond acceptors (Lipinski definition) is 6. The number of piperidine rings is 1. The first kappa shape index (κ1) is 16.4. The highest BCUT2D eigenvalue weighted by Crippen LogP contribution is 2.25. The van der Waals surface area contributed by atoms with Gasteiger partial charge in [-0.25, -0.2) is 18.4 Å². The Hall–Kier alpha value is -2.03. The summed E-state index contributed by atoms with van der Waals surface area (Å²) in [4.78, 5) is 8.81. The number of rotatable bonds is 4. The lowest BCUT2D eigenvalue weighted by Crippen LogP contribution is -2.41. The molecule has 0 amide bonds. The van der Waals surface area contributed by atoms with Gasteiger partial charge < -0.3 is 4.74 Å². The molecule has 1 aromatic carbocycles. The average molecular weight is 375 g/mol. The van der Waals surface area contributed by atoms with Gasteiger partial charge in [-0.15, -0.1) is 11.3 Å². The van der Waals surface area contributed by atoms with Gasteiger partial charge in [0, 0.05) is 13.1 Å². The van der Waals surface area contributed by atoms with Crippen LogP contribution >= 0.6 is 11.3 Å². The van der Waals surface area contributed by atoms with Gasteiger partial charge in [0.1, 0.15) is 10.3 Å². The van der Waals surface area contributed by atoms with Gasteiger partial charge in [0.15, 0.2) is 0 Å². The van der Waals surface area contributed by atoms with Crippen molar-refractivity contribution in [2.24, 2.45) is 0 Å². The zero-order valence-corrected chi connectivity index (χ0v) is 15.0. The molecule has 6 nitrogen and oxygen atoms in total. The molecule has 2 aromatic heterocycles. The standard InChI is InChI=1S/C17H17N3O3S2/c21-25(22,17-6-3-11-24-17)20-9-7-13(8-10-20)23-16-12-18-14-4-1-2-5-15(14)19-16/h1-6,11-13H,7-10H2. The Morgan fingerprint density at radius 2 is 1.84 bits per heavy atom. The van der Waals surface area contributed by atoms with E-state index in [1.165, 1.54) is 15.6 Å². The molecule has 1 fully saturated rings. The quantitative estimate of drug-likeness (QED) is 0.701. The third kappa shape index (κ3) is 3.37. The van der Waals surface area contributed by atoms with Crippen LogP contribution in [0.15, 0.2) is 52.2 Å². The van der Waals surface area contributed by atoms with Gasteiger partial charge in [0.2, 0.25) is 5.88 Å². The van der Waals surface area contributed by atoms with Crippen LogP contribution < -0.4 is 4.74 Å². The van der Waals surface area contributed by atoms with E-state index in [1.54, 1.807) is 23.7 Å². The van der Waals surface area contributed by atoms with Gasteiger partial charge in [-0.2, -0.15) is 4.31 Å². The van der Waals surface area contributed by atoms with Crippen LogP contribution in [0.2, 0.25) is 0 Å². The lowest BCUT2D eigenvalue weighted by Gasteiger charge is -2.30. The van der Waals surface area contributed by atoms with Crippen molar-refractivity contribution in [1.82, 2.24) is 14.3 Å². The van der Waals surface area contributed by atoms with E-state index >= 15 is 0 Å². The van der Waals surface area contributed by atoms with Crippen LogP contribution in [0.3, 0.4) is 0 Å². The molecule has 0 bridgehead atoms. The summed E-state index contributed by atoms with van der Waals surface area (Å²) >= 11 is 1.25. The first-order chi connectivity index (χ1) is 12.1. The molecule has 8 heteroatoms. The summed E-state index contributed by atoms with van der Waals surface area (Å²) in [7, 11) is -3.38. The maximum atomic E-state index is 12.5. The van der Waals surface area contributed by atoms with Crippen molar-refractivity contribution in [3.8, 4) is 5.88 Å². The van der Waals surface area contributed by atoms with E-state index in [2.05, 4.69) is 9.97 Å². The average Bonchev–Trinajstić information content (AvgIpc) is 3.18. The molecule has 0 spiro atoms. The van der Waals surface area contributed by atoms with Crippen molar-refractivity contribution in [2.45, 2.75) is 23.2 Å². The molecule has 1 saturated heterocycles. The van der Waals surface area contributed by atoms with Crippen LogP contribution in [-0.2, 0) is 10.0 Å². The van der Waals surface area contributed by atoms with E-state index in [0.29, 0.717) is 36.0 Å². The number of aromatic nitrogens is 2. The van der Waals surface area contributed by atoms with Crippen molar-refractivity contribution in [2.75, 3.05) is 13.1 Å². The van der Waals surface area contributed by atoms with Gasteiger partial charge in [-0.05, 0) is 36.4 Å². The van der Waals surface area contributed by atoms with E-state index in [0.717, 1.165) is 11.0 Å². The van der Waals surface area contributed by atoms with Gasteiger partial charge in [0.25, 0.3) is 10.0 Å². The van der Waals surface area contributed by atoms with Crippen LogP contribution in [0.4, 0.5) is 0 Å². The number of thiophene rings is 1. The minimum atomic E-state index is -3.38. The molecule has 130 valence electrons. The molecule has 0 saturated carbocycles. The molecule has 0 aliphatic carbocycles. The number of hydrogen-bond donors (Lipinski definition) is 0. The van der Waals surface area contributed by atoms with Crippen molar-refractivity contribution in [1.29, 1.82) is 0 Å². The topological polar surface area (TPSA) is 72.4 Å². The Morgan fingerprint density at radius 1 is 1.08 bits per heavy atom. The largest absolute Gasteiger partial charge is 0.473 e. The maximum Gasteiger partial charge on any atom is 0.252 e. The molecule has 0 N–H and O–H groups in total. The predicted molar refractivity (Wildman–Crippen MR) is 96.3 cm³/mol. The third-order valence-corrected chi connectivity index (χ3v) is 7.48. The summed E-state index contributed by atoms with van der Waals surface area (Å²) in [6, 6.07) is 11.0. The van der Waals surface area contributed by atoms with E-state index in [4.69, 9.17) is 4.74 Å². The highest BCUT2D eigenvalue weighted by Gasteiger charge is 2.30. The predicted octanol–water partition coefficient (Wildman–Crippen LogP) is 2.92. The SMILES string of the molecule is O=S(=O)(c1cccs1)N1CCC(Oc2cnc3ccccc3n2)CC1. The van der Waals surface area contributed by atoms with E-state index in [9.17, 15) is 8.42 Å². The number of fused-ring (bicyclic) bond motifs is 1. The van der Waals surface area contributed by atoms with Gasteiger partial charge in [0.05, 0.1) is 17.2 Å². The van der Waals surface area contributed by atoms with Gasteiger partial charge in [-0.1, -0.05) is 18.2 Å². The Kier molecular flexibility index (Phi) is 4.41. The molecule has 3 aromatic rings. The molecular formula is C17H17N3O3S2.